The SMILES string of the molecule is Cc1cc2ncc(C(=O)N[C@H](C)c3ccc(Cl)cc3Cl)c(C)n2n1. The van der Waals surface area contributed by atoms with Crippen LogP contribution in [0.5, 0.6) is 0 Å². The van der Waals surface area contributed by atoms with Crippen LogP contribution in [0.3, 0.4) is 0 Å². The van der Waals surface area contributed by atoms with Gasteiger partial charge < -0.3 is 5.32 Å². The molecule has 7 heteroatoms. The van der Waals surface area contributed by atoms with Gasteiger partial charge in [-0.05, 0) is 38.5 Å². The van der Waals surface area contributed by atoms with Crippen LogP contribution in [0.2, 0.25) is 10.0 Å². The predicted octanol–water partition coefficient (Wildman–Crippen LogP) is 4.14. The van der Waals surface area contributed by atoms with Crippen LogP contribution in [0.25, 0.3) is 5.65 Å². The van der Waals surface area contributed by atoms with Gasteiger partial charge in [0, 0.05) is 22.3 Å². The monoisotopic (exact) mass is 362 g/mol. The minimum absolute atomic E-state index is 0.228. The van der Waals surface area contributed by atoms with Crippen LogP contribution in [0.15, 0.2) is 30.5 Å². The lowest BCUT2D eigenvalue weighted by atomic mass is 10.1. The van der Waals surface area contributed by atoms with Crippen LogP contribution < -0.4 is 5.32 Å². The van der Waals surface area contributed by atoms with Crippen molar-refractivity contribution in [3.05, 3.63) is 63.0 Å². The molecule has 0 fully saturated rings. The smallest absolute Gasteiger partial charge is 0.255 e. The predicted molar refractivity (Wildman–Crippen MR) is 94.8 cm³/mol. The summed E-state index contributed by atoms with van der Waals surface area (Å²) in [7, 11) is 0. The van der Waals surface area contributed by atoms with Gasteiger partial charge in [0.05, 0.1) is 23.0 Å². The zero-order valence-electron chi connectivity index (χ0n) is 13.5. The number of fused-ring (bicyclic) bond motifs is 1. The number of nitrogens with zero attached hydrogens (tertiary/aromatic N) is 3. The highest BCUT2D eigenvalue weighted by atomic mass is 35.5. The summed E-state index contributed by atoms with van der Waals surface area (Å²) in [6.45, 7) is 5.60. The Kier molecular flexibility index (Phi) is 4.47. The zero-order valence-corrected chi connectivity index (χ0v) is 15.0. The zero-order chi connectivity index (χ0) is 17.4. The van der Waals surface area contributed by atoms with E-state index in [-0.39, 0.29) is 11.9 Å². The molecule has 1 amide bonds. The Bertz CT molecular complexity index is 936. The largest absolute Gasteiger partial charge is 0.345 e. The summed E-state index contributed by atoms with van der Waals surface area (Å²) in [4.78, 5) is 16.9. The Morgan fingerprint density at radius 3 is 2.71 bits per heavy atom. The van der Waals surface area contributed by atoms with Crippen LogP contribution in [0, 0.1) is 13.8 Å². The minimum Gasteiger partial charge on any atom is -0.345 e. The lowest BCUT2D eigenvalue weighted by molar-refractivity contribution is 0.0938. The standard InChI is InChI=1S/C17H16Cl2N4O/c1-9-6-16-20-8-14(11(3)23(16)22-9)17(24)21-10(2)13-5-4-12(18)7-15(13)19/h4-8,10H,1-3H3,(H,21,24)/t10-/m1/s1. The molecular formula is C17H16Cl2N4O. The van der Waals surface area contributed by atoms with Crippen molar-refractivity contribution in [2.75, 3.05) is 0 Å². The molecule has 0 bridgehead atoms. The number of aryl methyl sites for hydroxylation is 2. The lowest BCUT2D eigenvalue weighted by Crippen LogP contribution is -2.28. The second-order valence-electron chi connectivity index (χ2n) is 5.67. The van der Waals surface area contributed by atoms with Gasteiger partial charge in [-0.1, -0.05) is 29.3 Å². The third-order valence-corrected chi connectivity index (χ3v) is 4.43. The van der Waals surface area contributed by atoms with Crippen molar-refractivity contribution in [2.24, 2.45) is 0 Å². The summed E-state index contributed by atoms with van der Waals surface area (Å²) in [5, 5.41) is 8.37. The summed E-state index contributed by atoms with van der Waals surface area (Å²) in [5.74, 6) is -0.228. The van der Waals surface area contributed by atoms with E-state index in [0.717, 1.165) is 22.6 Å². The van der Waals surface area contributed by atoms with Gasteiger partial charge >= 0.3 is 0 Å². The molecule has 0 saturated heterocycles. The molecule has 1 aromatic carbocycles. The normalized spacial score (nSPS) is 12.4. The van der Waals surface area contributed by atoms with E-state index in [2.05, 4.69) is 15.4 Å². The first-order valence-corrected chi connectivity index (χ1v) is 8.20. The minimum atomic E-state index is -0.267. The Labute approximate surface area is 149 Å². The van der Waals surface area contributed by atoms with Gasteiger partial charge in [-0.15, -0.1) is 0 Å². The summed E-state index contributed by atoms with van der Waals surface area (Å²) in [6, 6.07) is 6.81. The molecule has 0 aliphatic rings. The molecule has 0 aliphatic heterocycles. The molecule has 0 spiro atoms. The molecule has 3 aromatic rings. The maximum absolute atomic E-state index is 12.6. The number of rotatable bonds is 3. The van der Waals surface area contributed by atoms with Gasteiger partial charge in [-0.2, -0.15) is 5.10 Å². The fourth-order valence-corrected chi connectivity index (χ4v) is 3.16. The molecule has 24 heavy (non-hydrogen) atoms. The van der Waals surface area contributed by atoms with Crippen molar-refractivity contribution < 1.29 is 4.79 Å². The number of carbonyl (C=O) groups is 1. The number of hydrogen-bond donors (Lipinski definition) is 1. The Balaban J connectivity index is 1.88. The first kappa shape index (κ1) is 16.7. The topological polar surface area (TPSA) is 59.3 Å². The van der Waals surface area contributed by atoms with Gasteiger partial charge in [-0.25, -0.2) is 9.50 Å². The molecule has 0 unspecified atom stereocenters. The van der Waals surface area contributed by atoms with Crippen molar-refractivity contribution in [3.8, 4) is 0 Å². The molecule has 0 aliphatic carbocycles. The van der Waals surface area contributed by atoms with Crippen molar-refractivity contribution in [1.82, 2.24) is 19.9 Å². The van der Waals surface area contributed by atoms with Crippen LogP contribution in [0.4, 0.5) is 0 Å². The van der Waals surface area contributed by atoms with Gasteiger partial charge in [0.2, 0.25) is 0 Å². The van der Waals surface area contributed by atoms with Gasteiger partial charge in [-0.3, -0.25) is 4.79 Å². The highest BCUT2D eigenvalue weighted by molar-refractivity contribution is 6.35. The van der Waals surface area contributed by atoms with E-state index in [1.54, 1.807) is 28.9 Å². The number of aromatic nitrogens is 3. The van der Waals surface area contributed by atoms with E-state index in [1.807, 2.05) is 26.8 Å². The molecule has 3 rings (SSSR count). The van der Waals surface area contributed by atoms with E-state index >= 15 is 0 Å². The fraction of sp³-hybridized carbons (Fsp3) is 0.235. The molecule has 5 nitrogen and oxygen atoms in total. The third kappa shape index (κ3) is 3.09. The van der Waals surface area contributed by atoms with Crippen molar-refractivity contribution >= 4 is 34.8 Å². The summed E-state index contributed by atoms with van der Waals surface area (Å²) in [6.07, 6.45) is 1.57. The summed E-state index contributed by atoms with van der Waals surface area (Å²) >= 11 is 12.1. The Hall–Kier alpha value is -2.11. The van der Waals surface area contributed by atoms with E-state index < -0.39 is 0 Å². The molecule has 2 aromatic heterocycles. The van der Waals surface area contributed by atoms with Crippen LogP contribution in [-0.4, -0.2) is 20.5 Å². The van der Waals surface area contributed by atoms with Gasteiger partial charge in [0.15, 0.2) is 5.65 Å². The van der Waals surface area contributed by atoms with Gasteiger partial charge in [0.1, 0.15) is 0 Å². The second kappa shape index (κ2) is 6.42. The van der Waals surface area contributed by atoms with Crippen molar-refractivity contribution in [2.45, 2.75) is 26.8 Å². The molecule has 0 radical (unpaired) electrons. The van der Waals surface area contributed by atoms with E-state index in [4.69, 9.17) is 23.2 Å². The number of nitrogens with one attached hydrogen (secondary N) is 1. The van der Waals surface area contributed by atoms with Crippen molar-refractivity contribution in [3.63, 3.8) is 0 Å². The molecular weight excluding hydrogens is 347 g/mol. The highest BCUT2D eigenvalue weighted by Gasteiger charge is 2.18. The molecule has 1 atom stereocenters. The number of halogens is 2. The number of benzene rings is 1. The molecule has 1 N–H and O–H groups in total. The number of carbonyl (C=O) groups excluding carboxylic acids is 1. The van der Waals surface area contributed by atoms with E-state index in [9.17, 15) is 4.79 Å². The molecule has 124 valence electrons. The third-order valence-electron chi connectivity index (χ3n) is 3.87. The first-order chi connectivity index (χ1) is 11.4. The van der Waals surface area contributed by atoms with E-state index in [0.29, 0.717) is 15.6 Å². The van der Waals surface area contributed by atoms with Crippen LogP contribution >= 0.6 is 23.2 Å². The van der Waals surface area contributed by atoms with Crippen molar-refractivity contribution in [1.29, 1.82) is 0 Å². The summed E-state index contributed by atoms with van der Waals surface area (Å²) < 4.78 is 1.67. The van der Waals surface area contributed by atoms with Crippen LogP contribution in [0.1, 0.15) is 40.3 Å². The highest BCUT2D eigenvalue weighted by Crippen LogP contribution is 2.26. The maximum atomic E-state index is 12.6. The Morgan fingerprint density at radius 2 is 2.00 bits per heavy atom. The lowest BCUT2D eigenvalue weighted by Gasteiger charge is -2.17. The quantitative estimate of drug-likeness (QED) is 0.761. The molecule has 0 saturated carbocycles. The Morgan fingerprint density at radius 1 is 1.25 bits per heavy atom. The van der Waals surface area contributed by atoms with Gasteiger partial charge in [0.25, 0.3) is 5.91 Å². The average molecular weight is 363 g/mol. The average Bonchev–Trinajstić information content (AvgIpc) is 2.88. The van der Waals surface area contributed by atoms with E-state index in [1.165, 1.54) is 0 Å². The number of amides is 1. The molecule has 2 heterocycles. The maximum Gasteiger partial charge on any atom is 0.255 e. The number of hydrogen-bond acceptors (Lipinski definition) is 3. The first-order valence-electron chi connectivity index (χ1n) is 7.44. The second-order valence-corrected chi connectivity index (χ2v) is 6.52. The fourth-order valence-electron chi connectivity index (χ4n) is 2.59. The summed E-state index contributed by atoms with van der Waals surface area (Å²) in [5.41, 5.74) is 3.58. The van der Waals surface area contributed by atoms with Crippen LogP contribution in [-0.2, 0) is 0 Å².